The van der Waals surface area contributed by atoms with E-state index in [1.165, 1.54) is 11.8 Å². The molecule has 5 heteroatoms. The standard InChI is InChI=1S/C18H19NO2S2/c1-21-15-9-7-14(8-10-15)12-19-17(20)16(23-18(19)22)11-13-5-3-2-4-6-13/h2-3,7-11,13H,4-6,12H2,1H3. The molecule has 0 N–H and O–H groups in total. The number of benzene rings is 1. The molecule has 1 heterocycles. The molecule has 1 fully saturated rings. The van der Waals surface area contributed by atoms with Gasteiger partial charge in [-0.3, -0.25) is 9.69 Å². The average Bonchev–Trinajstić information content (AvgIpc) is 2.84. The number of hydrogen-bond acceptors (Lipinski definition) is 4. The Hall–Kier alpha value is -1.59. The molecule has 1 aliphatic carbocycles. The number of nitrogens with zero attached hydrogens (tertiary/aromatic N) is 1. The first-order valence-corrected chi connectivity index (χ1v) is 8.93. The number of carbonyl (C=O) groups excluding carboxylic acids is 1. The van der Waals surface area contributed by atoms with Gasteiger partial charge in [-0.2, -0.15) is 0 Å². The van der Waals surface area contributed by atoms with E-state index in [0.717, 1.165) is 35.5 Å². The number of thioether (sulfide) groups is 1. The Morgan fingerprint density at radius 3 is 2.78 bits per heavy atom. The van der Waals surface area contributed by atoms with Gasteiger partial charge in [0.15, 0.2) is 0 Å². The molecular weight excluding hydrogens is 326 g/mol. The Morgan fingerprint density at radius 1 is 1.35 bits per heavy atom. The highest BCUT2D eigenvalue weighted by Gasteiger charge is 2.32. The van der Waals surface area contributed by atoms with Crippen LogP contribution in [-0.2, 0) is 11.3 Å². The van der Waals surface area contributed by atoms with Crippen molar-refractivity contribution >= 4 is 34.2 Å². The smallest absolute Gasteiger partial charge is 0.266 e. The van der Waals surface area contributed by atoms with Crippen LogP contribution in [0.4, 0.5) is 0 Å². The van der Waals surface area contributed by atoms with Crippen LogP contribution < -0.4 is 4.74 Å². The van der Waals surface area contributed by atoms with E-state index in [2.05, 4.69) is 18.2 Å². The van der Waals surface area contributed by atoms with E-state index in [1.807, 2.05) is 24.3 Å². The molecule has 3 rings (SSSR count). The van der Waals surface area contributed by atoms with Gasteiger partial charge >= 0.3 is 0 Å². The number of allylic oxidation sites excluding steroid dienone is 3. The number of hydrogen-bond donors (Lipinski definition) is 0. The SMILES string of the molecule is COc1ccc(CN2C(=O)C(=CC3CC=CCC3)SC2=S)cc1. The Kier molecular flexibility index (Phi) is 5.18. The molecule has 0 radical (unpaired) electrons. The predicted molar refractivity (Wildman–Crippen MR) is 98.3 cm³/mol. The summed E-state index contributed by atoms with van der Waals surface area (Å²) >= 11 is 6.82. The lowest BCUT2D eigenvalue weighted by atomic mass is 9.94. The summed E-state index contributed by atoms with van der Waals surface area (Å²) < 4.78 is 5.80. The zero-order chi connectivity index (χ0) is 16.2. The van der Waals surface area contributed by atoms with Gasteiger partial charge < -0.3 is 4.74 Å². The van der Waals surface area contributed by atoms with Gasteiger partial charge in [0.25, 0.3) is 5.91 Å². The quantitative estimate of drug-likeness (QED) is 0.462. The highest BCUT2D eigenvalue weighted by atomic mass is 32.2. The third kappa shape index (κ3) is 3.85. The lowest BCUT2D eigenvalue weighted by Crippen LogP contribution is -2.27. The van der Waals surface area contributed by atoms with Crippen molar-refractivity contribution in [3.63, 3.8) is 0 Å². The van der Waals surface area contributed by atoms with E-state index in [-0.39, 0.29) is 5.91 Å². The zero-order valence-electron chi connectivity index (χ0n) is 13.0. The van der Waals surface area contributed by atoms with Crippen LogP contribution >= 0.6 is 24.0 Å². The second-order valence-corrected chi connectivity index (χ2v) is 7.36. The number of ether oxygens (including phenoxy) is 1. The van der Waals surface area contributed by atoms with Crippen molar-refractivity contribution in [1.29, 1.82) is 0 Å². The summed E-state index contributed by atoms with van der Waals surface area (Å²) in [4.78, 5) is 15.1. The van der Waals surface area contributed by atoms with Gasteiger partial charge in [0, 0.05) is 0 Å². The fourth-order valence-electron chi connectivity index (χ4n) is 2.75. The van der Waals surface area contributed by atoms with E-state index < -0.39 is 0 Å². The minimum absolute atomic E-state index is 0.0328. The summed E-state index contributed by atoms with van der Waals surface area (Å²) in [5, 5.41) is 0. The lowest BCUT2D eigenvalue weighted by Gasteiger charge is -2.15. The molecule has 23 heavy (non-hydrogen) atoms. The molecule has 0 bridgehead atoms. The summed E-state index contributed by atoms with van der Waals surface area (Å²) in [5.41, 5.74) is 1.05. The summed E-state index contributed by atoms with van der Waals surface area (Å²) in [7, 11) is 1.64. The molecule has 0 saturated carbocycles. The van der Waals surface area contributed by atoms with Crippen molar-refractivity contribution in [3.05, 3.63) is 53.0 Å². The van der Waals surface area contributed by atoms with Gasteiger partial charge in [-0.05, 0) is 42.9 Å². The fourth-order valence-corrected chi connectivity index (χ4v) is 4.07. The molecule has 1 saturated heterocycles. The van der Waals surface area contributed by atoms with Gasteiger partial charge in [-0.1, -0.05) is 54.3 Å². The van der Waals surface area contributed by atoms with Crippen LogP contribution in [0.5, 0.6) is 5.75 Å². The molecule has 1 aliphatic heterocycles. The van der Waals surface area contributed by atoms with E-state index in [1.54, 1.807) is 12.0 Å². The third-order valence-electron chi connectivity index (χ3n) is 4.07. The third-order valence-corrected chi connectivity index (χ3v) is 5.47. The number of methoxy groups -OCH3 is 1. The van der Waals surface area contributed by atoms with Crippen LogP contribution in [0.15, 0.2) is 47.4 Å². The maximum atomic E-state index is 12.6. The summed E-state index contributed by atoms with van der Waals surface area (Å²) in [6.45, 7) is 0.510. The van der Waals surface area contributed by atoms with E-state index in [4.69, 9.17) is 17.0 Å². The Balaban J connectivity index is 1.70. The first-order valence-electron chi connectivity index (χ1n) is 7.71. The number of amides is 1. The molecule has 2 aliphatic rings. The number of thiocarbonyl (C=S) groups is 1. The molecule has 120 valence electrons. The van der Waals surface area contributed by atoms with Gasteiger partial charge in [0.1, 0.15) is 10.1 Å². The van der Waals surface area contributed by atoms with Crippen molar-refractivity contribution in [3.8, 4) is 5.75 Å². The van der Waals surface area contributed by atoms with Crippen molar-refractivity contribution in [1.82, 2.24) is 4.90 Å². The van der Waals surface area contributed by atoms with Crippen LogP contribution in [0, 0.1) is 5.92 Å². The minimum atomic E-state index is 0.0328. The molecule has 1 unspecified atom stereocenters. The molecule has 1 atom stereocenters. The van der Waals surface area contributed by atoms with Gasteiger partial charge in [0.05, 0.1) is 18.6 Å². The topological polar surface area (TPSA) is 29.5 Å². The minimum Gasteiger partial charge on any atom is -0.497 e. The van der Waals surface area contributed by atoms with Crippen LogP contribution in [-0.4, -0.2) is 22.2 Å². The average molecular weight is 345 g/mol. The van der Waals surface area contributed by atoms with E-state index in [9.17, 15) is 4.79 Å². The van der Waals surface area contributed by atoms with Crippen LogP contribution in [0.1, 0.15) is 24.8 Å². The van der Waals surface area contributed by atoms with Crippen LogP contribution in [0.2, 0.25) is 0 Å². The van der Waals surface area contributed by atoms with Crippen LogP contribution in [0.3, 0.4) is 0 Å². The highest BCUT2D eigenvalue weighted by molar-refractivity contribution is 8.26. The zero-order valence-corrected chi connectivity index (χ0v) is 14.7. The van der Waals surface area contributed by atoms with Crippen LogP contribution in [0.25, 0.3) is 0 Å². The van der Waals surface area contributed by atoms with Gasteiger partial charge in [-0.25, -0.2) is 0 Å². The first kappa shape index (κ1) is 16.3. The number of carbonyl (C=O) groups is 1. The first-order chi connectivity index (χ1) is 11.2. The van der Waals surface area contributed by atoms with Crippen molar-refractivity contribution < 1.29 is 9.53 Å². The second-order valence-electron chi connectivity index (χ2n) is 5.68. The summed E-state index contributed by atoms with van der Waals surface area (Å²) in [6, 6.07) is 7.73. The normalized spacial score (nSPS) is 22.9. The predicted octanol–water partition coefficient (Wildman–Crippen LogP) is 4.30. The number of rotatable bonds is 4. The molecular formula is C18H19NO2S2. The van der Waals surface area contributed by atoms with Crippen molar-refractivity contribution in [2.75, 3.05) is 7.11 Å². The monoisotopic (exact) mass is 345 g/mol. The lowest BCUT2D eigenvalue weighted by molar-refractivity contribution is -0.122. The van der Waals surface area contributed by atoms with Gasteiger partial charge in [0.2, 0.25) is 0 Å². The molecule has 1 amide bonds. The summed E-state index contributed by atoms with van der Waals surface area (Å²) in [5.74, 6) is 1.30. The molecule has 1 aromatic rings. The van der Waals surface area contributed by atoms with Crippen molar-refractivity contribution in [2.45, 2.75) is 25.8 Å². The molecule has 0 spiro atoms. The summed E-state index contributed by atoms with van der Waals surface area (Å²) in [6.07, 6.45) is 9.73. The maximum absolute atomic E-state index is 12.6. The molecule has 1 aromatic carbocycles. The highest BCUT2D eigenvalue weighted by Crippen LogP contribution is 2.34. The Bertz CT molecular complexity index is 664. The largest absolute Gasteiger partial charge is 0.497 e. The van der Waals surface area contributed by atoms with E-state index >= 15 is 0 Å². The Labute approximate surface area is 146 Å². The van der Waals surface area contributed by atoms with Crippen molar-refractivity contribution in [2.24, 2.45) is 5.92 Å². The molecule has 3 nitrogen and oxygen atoms in total. The second kappa shape index (κ2) is 7.32. The fraction of sp³-hybridized carbons (Fsp3) is 0.333. The van der Waals surface area contributed by atoms with E-state index in [0.29, 0.717) is 16.8 Å². The maximum Gasteiger partial charge on any atom is 0.266 e. The Morgan fingerprint density at radius 2 is 2.13 bits per heavy atom. The van der Waals surface area contributed by atoms with Gasteiger partial charge in [-0.15, -0.1) is 0 Å². The molecule has 0 aromatic heterocycles.